The van der Waals surface area contributed by atoms with E-state index in [2.05, 4.69) is 24.8 Å². The lowest BCUT2D eigenvalue weighted by atomic mass is 10.1. The van der Waals surface area contributed by atoms with Gasteiger partial charge >= 0.3 is 12.3 Å². The van der Waals surface area contributed by atoms with Crippen molar-refractivity contribution < 1.29 is 31.8 Å². The van der Waals surface area contributed by atoms with Crippen LogP contribution in [0.25, 0.3) is 10.9 Å². The largest absolute Gasteiger partial charge is 0.573 e. The van der Waals surface area contributed by atoms with Crippen molar-refractivity contribution in [2.24, 2.45) is 0 Å². The van der Waals surface area contributed by atoms with Gasteiger partial charge in [0.1, 0.15) is 17.4 Å². The van der Waals surface area contributed by atoms with Crippen LogP contribution in [-0.2, 0) is 11.2 Å². The van der Waals surface area contributed by atoms with Crippen molar-refractivity contribution in [1.82, 2.24) is 9.97 Å². The normalized spacial score (nSPS) is 11.3. The van der Waals surface area contributed by atoms with Crippen LogP contribution in [-0.4, -0.2) is 36.0 Å². The Kier molecular flexibility index (Phi) is 5.81. The highest BCUT2D eigenvalue weighted by Gasteiger charge is 2.30. The van der Waals surface area contributed by atoms with E-state index in [-0.39, 0.29) is 17.1 Å². The topological polar surface area (TPSA) is 73.3 Å². The number of anilines is 1. The van der Waals surface area contributed by atoms with Crippen LogP contribution in [0.2, 0.25) is 0 Å². The van der Waals surface area contributed by atoms with Gasteiger partial charge in [-0.05, 0) is 36.2 Å². The first-order chi connectivity index (χ1) is 13.7. The average Bonchev–Trinajstić information content (AvgIpc) is 2.67. The summed E-state index contributed by atoms with van der Waals surface area (Å²) in [6, 6.07) is 9.37. The third-order valence-electron chi connectivity index (χ3n) is 3.89. The maximum atomic E-state index is 13.5. The van der Waals surface area contributed by atoms with E-state index in [0.29, 0.717) is 24.2 Å². The number of ether oxygens (including phenoxy) is 2. The van der Waals surface area contributed by atoms with Crippen molar-refractivity contribution in [1.29, 1.82) is 0 Å². The van der Waals surface area contributed by atoms with Gasteiger partial charge in [-0.2, -0.15) is 0 Å². The van der Waals surface area contributed by atoms with E-state index in [0.717, 1.165) is 5.56 Å². The lowest BCUT2D eigenvalue weighted by molar-refractivity contribution is -0.274. The molecule has 0 bridgehead atoms. The molecule has 1 N–H and O–H groups in total. The highest BCUT2D eigenvalue weighted by molar-refractivity contribution is 5.94. The van der Waals surface area contributed by atoms with Crippen molar-refractivity contribution in [2.75, 3.05) is 19.0 Å². The maximum absolute atomic E-state index is 13.5. The highest BCUT2D eigenvalue weighted by Crippen LogP contribution is 2.24. The minimum atomic E-state index is -4.74. The van der Waals surface area contributed by atoms with Gasteiger partial charge in [-0.25, -0.2) is 19.2 Å². The van der Waals surface area contributed by atoms with Crippen molar-refractivity contribution >= 4 is 22.7 Å². The van der Waals surface area contributed by atoms with E-state index in [9.17, 15) is 22.4 Å². The molecule has 0 amide bonds. The van der Waals surface area contributed by atoms with E-state index in [1.807, 2.05) is 0 Å². The zero-order chi connectivity index (χ0) is 21.0. The van der Waals surface area contributed by atoms with E-state index in [1.54, 1.807) is 0 Å². The van der Waals surface area contributed by atoms with E-state index < -0.39 is 18.1 Å². The summed E-state index contributed by atoms with van der Waals surface area (Å²) in [6.07, 6.45) is -4.29. The van der Waals surface area contributed by atoms with Crippen molar-refractivity contribution in [2.45, 2.75) is 12.8 Å². The molecule has 1 aromatic heterocycles. The molecule has 29 heavy (non-hydrogen) atoms. The minimum absolute atomic E-state index is 0.221. The van der Waals surface area contributed by atoms with E-state index >= 15 is 0 Å². The van der Waals surface area contributed by atoms with Crippen molar-refractivity contribution in [3.8, 4) is 5.75 Å². The molecule has 3 rings (SSSR count). The molecule has 0 fully saturated rings. The van der Waals surface area contributed by atoms with E-state index in [1.165, 1.54) is 49.6 Å². The molecule has 1 heterocycles. The lowest BCUT2D eigenvalue weighted by Crippen LogP contribution is -2.17. The summed E-state index contributed by atoms with van der Waals surface area (Å²) in [6.45, 7) is 0.351. The number of carbonyl (C=O) groups excluding carboxylic acids is 1. The van der Waals surface area contributed by atoms with Gasteiger partial charge in [-0.3, -0.25) is 0 Å². The standard InChI is InChI=1S/C19H15F4N3O3/c1-28-18(27)17-25-15-10-12(20)4-7-14(15)16(26-17)24-9-8-11-2-5-13(6-3-11)29-19(21,22)23/h2-7,10H,8-9H2,1H3,(H,24,25,26). The second-order valence-corrected chi connectivity index (χ2v) is 5.92. The van der Waals surface area contributed by atoms with Gasteiger partial charge in [0.2, 0.25) is 5.82 Å². The van der Waals surface area contributed by atoms with Crippen LogP contribution in [0.5, 0.6) is 5.75 Å². The quantitative estimate of drug-likeness (QED) is 0.488. The van der Waals surface area contributed by atoms with Gasteiger partial charge in [-0.1, -0.05) is 12.1 Å². The number of methoxy groups -OCH3 is 1. The molecule has 0 aliphatic heterocycles. The van der Waals surface area contributed by atoms with Gasteiger partial charge in [0.15, 0.2) is 0 Å². The fourth-order valence-electron chi connectivity index (χ4n) is 2.60. The van der Waals surface area contributed by atoms with Gasteiger partial charge in [-0.15, -0.1) is 13.2 Å². The van der Waals surface area contributed by atoms with Crippen LogP contribution in [0.1, 0.15) is 16.2 Å². The molecule has 0 unspecified atom stereocenters. The van der Waals surface area contributed by atoms with Crippen LogP contribution < -0.4 is 10.1 Å². The third kappa shape index (κ3) is 5.31. The number of nitrogens with one attached hydrogen (secondary N) is 1. The number of halogens is 4. The molecule has 0 radical (unpaired) electrons. The van der Waals surface area contributed by atoms with Crippen LogP contribution >= 0.6 is 0 Å². The third-order valence-corrected chi connectivity index (χ3v) is 3.89. The molecule has 6 nitrogen and oxygen atoms in total. The second kappa shape index (κ2) is 8.29. The van der Waals surface area contributed by atoms with Crippen LogP contribution in [0.4, 0.5) is 23.4 Å². The monoisotopic (exact) mass is 409 g/mol. The fraction of sp³-hybridized carbons (Fsp3) is 0.211. The van der Waals surface area contributed by atoms with Gasteiger partial charge in [0.25, 0.3) is 0 Å². The molecule has 2 aromatic carbocycles. The predicted octanol–water partition coefficient (Wildman–Crippen LogP) is 4.11. The number of hydrogen-bond donors (Lipinski definition) is 1. The number of nitrogens with zero attached hydrogens (tertiary/aromatic N) is 2. The number of carbonyl (C=O) groups is 1. The first kappa shape index (κ1) is 20.3. The van der Waals surface area contributed by atoms with Gasteiger partial charge in [0, 0.05) is 18.0 Å². The SMILES string of the molecule is COC(=O)c1nc(NCCc2ccc(OC(F)(F)F)cc2)c2ccc(F)cc2n1. The molecule has 0 aliphatic carbocycles. The molecule has 0 saturated heterocycles. The number of rotatable bonds is 6. The molecule has 0 atom stereocenters. The number of aromatic nitrogens is 2. The average molecular weight is 409 g/mol. The van der Waals surface area contributed by atoms with E-state index in [4.69, 9.17) is 0 Å². The molecule has 3 aromatic rings. The lowest BCUT2D eigenvalue weighted by Gasteiger charge is -2.11. The summed E-state index contributed by atoms with van der Waals surface area (Å²) in [4.78, 5) is 19.9. The summed E-state index contributed by atoms with van der Waals surface area (Å²) >= 11 is 0. The van der Waals surface area contributed by atoms with Crippen LogP contribution in [0.15, 0.2) is 42.5 Å². The highest BCUT2D eigenvalue weighted by atomic mass is 19.4. The molecular formula is C19H15F4N3O3. The zero-order valence-electron chi connectivity index (χ0n) is 15.1. The van der Waals surface area contributed by atoms with Gasteiger partial charge in [0.05, 0.1) is 12.6 Å². The Morgan fingerprint density at radius 3 is 2.48 bits per heavy atom. The zero-order valence-corrected chi connectivity index (χ0v) is 15.1. The summed E-state index contributed by atoms with van der Waals surface area (Å²) < 4.78 is 58.6. The summed E-state index contributed by atoms with van der Waals surface area (Å²) in [7, 11) is 1.18. The summed E-state index contributed by atoms with van der Waals surface area (Å²) in [5, 5.41) is 3.54. The second-order valence-electron chi connectivity index (χ2n) is 5.92. The molecule has 10 heteroatoms. The Balaban J connectivity index is 1.74. The molecule has 0 spiro atoms. The molecular weight excluding hydrogens is 394 g/mol. The fourth-order valence-corrected chi connectivity index (χ4v) is 2.60. The number of hydrogen-bond acceptors (Lipinski definition) is 6. The predicted molar refractivity (Wildman–Crippen MR) is 96.2 cm³/mol. The van der Waals surface area contributed by atoms with Gasteiger partial charge < -0.3 is 14.8 Å². The Hall–Kier alpha value is -3.43. The molecule has 0 aliphatic rings. The molecule has 152 valence electrons. The number of esters is 1. The van der Waals surface area contributed by atoms with Crippen molar-refractivity contribution in [3.63, 3.8) is 0 Å². The first-order valence-electron chi connectivity index (χ1n) is 8.39. The Bertz CT molecular complexity index is 1020. The smallest absolute Gasteiger partial charge is 0.463 e. The first-order valence-corrected chi connectivity index (χ1v) is 8.39. The summed E-state index contributed by atoms with van der Waals surface area (Å²) in [5.74, 6) is -1.49. The Morgan fingerprint density at radius 2 is 1.83 bits per heavy atom. The molecule has 0 saturated carbocycles. The number of alkyl halides is 3. The number of fused-ring (bicyclic) bond motifs is 1. The Labute approximate surface area is 162 Å². The minimum Gasteiger partial charge on any atom is -0.463 e. The maximum Gasteiger partial charge on any atom is 0.573 e. The van der Waals surface area contributed by atoms with Crippen LogP contribution in [0, 0.1) is 5.82 Å². The van der Waals surface area contributed by atoms with Crippen molar-refractivity contribution in [3.05, 3.63) is 59.7 Å². The summed E-state index contributed by atoms with van der Waals surface area (Å²) in [5.41, 5.74) is 0.987. The number of benzene rings is 2. The Morgan fingerprint density at radius 1 is 1.10 bits per heavy atom. The van der Waals surface area contributed by atoms with Crippen LogP contribution in [0.3, 0.4) is 0 Å².